The molecule has 1 amide bonds. The van der Waals surface area contributed by atoms with E-state index in [1.54, 1.807) is 6.92 Å². The molecular weight excluding hydrogens is 242 g/mol. The zero-order valence-electron chi connectivity index (χ0n) is 12.0. The Balaban J connectivity index is 1.79. The summed E-state index contributed by atoms with van der Waals surface area (Å²) < 4.78 is 5.36. The van der Waals surface area contributed by atoms with Crippen molar-refractivity contribution in [1.29, 1.82) is 0 Å². The molecule has 1 aromatic rings. The van der Waals surface area contributed by atoms with Gasteiger partial charge in [0.1, 0.15) is 0 Å². The summed E-state index contributed by atoms with van der Waals surface area (Å²) in [6.07, 6.45) is 1.13. The topological polar surface area (TPSA) is 58.4 Å². The molecule has 1 aliphatic heterocycles. The van der Waals surface area contributed by atoms with Gasteiger partial charge in [-0.1, -0.05) is 19.0 Å². The van der Waals surface area contributed by atoms with Crippen molar-refractivity contribution in [2.24, 2.45) is 5.92 Å². The maximum atomic E-state index is 10.9. The van der Waals surface area contributed by atoms with Gasteiger partial charge in [0, 0.05) is 26.1 Å². The van der Waals surface area contributed by atoms with Gasteiger partial charge < -0.3 is 9.84 Å². The van der Waals surface area contributed by atoms with Crippen LogP contribution < -0.4 is 5.32 Å². The molecule has 1 N–H and O–H groups in total. The summed E-state index contributed by atoms with van der Waals surface area (Å²) in [5.41, 5.74) is 1.02. The van der Waals surface area contributed by atoms with Gasteiger partial charge in [-0.05, 0) is 24.8 Å². The third-order valence-electron chi connectivity index (χ3n) is 3.56. The number of nitrogens with one attached hydrogen (secondary N) is 1. The predicted octanol–water partition coefficient (Wildman–Crippen LogP) is 1.76. The lowest BCUT2D eigenvalue weighted by Gasteiger charge is -2.14. The summed E-state index contributed by atoms with van der Waals surface area (Å²) in [6, 6.07) is 2.05. The fourth-order valence-electron chi connectivity index (χ4n) is 2.41. The third-order valence-corrected chi connectivity index (χ3v) is 3.56. The number of hydrogen-bond donors (Lipinski definition) is 1. The molecule has 0 aliphatic carbocycles. The summed E-state index contributed by atoms with van der Waals surface area (Å²) in [6.45, 7) is 9.45. The highest BCUT2D eigenvalue weighted by Crippen LogP contribution is 2.20. The number of carbonyl (C=O) groups excluding carboxylic acids is 1. The Hall–Kier alpha value is -1.36. The van der Waals surface area contributed by atoms with Crippen molar-refractivity contribution in [3.8, 4) is 0 Å². The van der Waals surface area contributed by atoms with Crippen LogP contribution in [0.15, 0.2) is 10.6 Å². The highest BCUT2D eigenvalue weighted by Gasteiger charge is 2.23. The molecule has 1 fully saturated rings. The minimum absolute atomic E-state index is 0.0512. The Morgan fingerprint density at radius 1 is 1.63 bits per heavy atom. The van der Waals surface area contributed by atoms with E-state index in [0.717, 1.165) is 44.1 Å². The molecule has 1 saturated heterocycles. The van der Waals surface area contributed by atoms with Crippen LogP contribution in [0.25, 0.3) is 0 Å². The predicted molar refractivity (Wildman–Crippen MR) is 72.7 cm³/mol. The summed E-state index contributed by atoms with van der Waals surface area (Å²) in [7, 11) is 0. The SMILES string of the molecule is CC(=O)NC[C@@H]1CCN(Cc2cc(C(C)C)no2)C1. The number of hydrogen-bond acceptors (Lipinski definition) is 4. The first-order valence-corrected chi connectivity index (χ1v) is 6.97. The summed E-state index contributed by atoms with van der Waals surface area (Å²) >= 11 is 0. The lowest BCUT2D eigenvalue weighted by atomic mass is 10.1. The van der Waals surface area contributed by atoms with Crippen molar-refractivity contribution in [3.05, 3.63) is 17.5 Å². The Bertz CT molecular complexity index is 428. The van der Waals surface area contributed by atoms with Crippen molar-refractivity contribution in [1.82, 2.24) is 15.4 Å². The number of likely N-dealkylation sites (tertiary alicyclic amines) is 1. The maximum Gasteiger partial charge on any atom is 0.216 e. The van der Waals surface area contributed by atoms with Crippen molar-refractivity contribution in [2.45, 2.75) is 39.7 Å². The van der Waals surface area contributed by atoms with Crippen LogP contribution in [0.4, 0.5) is 0 Å². The molecule has 0 unspecified atom stereocenters. The van der Waals surface area contributed by atoms with Crippen LogP contribution in [0, 0.1) is 5.92 Å². The van der Waals surface area contributed by atoms with Crippen molar-refractivity contribution in [2.75, 3.05) is 19.6 Å². The second-order valence-electron chi connectivity index (χ2n) is 5.70. The minimum atomic E-state index is 0.0512. The van der Waals surface area contributed by atoms with E-state index < -0.39 is 0 Å². The van der Waals surface area contributed by atoms with E-state index in [2.05, 4.69) is 29.2 Å². The molecule has 106 valence electrons. The number of amides is 1. The van der Waals surface area contributed by atoms with Gasteiger partial charge in [0.25, 0.3) is 0 Å². The molecule has 1 atom stereocenters. The standard InChI is InChI=1S/C14H23N3O2/c1-10(2)14-6-13(19-16-14)9-17-5-4-12(8-17)7-15-11(3)18/h6,10,12H,4-5,7-9H2,1-3H3,(H,15,18)/t12-/m0/s1. The van der Waals surface area contributed by atoms with E-state index in [9.17, 15) is 4.79 Å². The van der Waals surface area contributed by atoms with E-state index in [4.69, 9.17) is 4.52 Å². The lowest BCUT2D eigenvalue weighted by molar-refractivity contribution is -0.119. The molecule has 1 aromatic heterocycles. The molecule has 0 saturated carbocycles. The number of aromatic nitrogens is 1. The fraction of sp³-hybridized carbons (Fsp3) is 0.714. The van der Waals surface area contributed by atoms with Crippen LogP contribution in [0.1, 0.15) is 44.6 Å². The fourth-order valence-corrected chi connectivity index (χ4v) is 2.41. The summed E-state index contributed by atoms with van der Waals surface area (Å²) in [5, 5.41) is 6.97. The van der Waals surface area contributed by atoms with Gasteiger partial charge in [0.2, 0.25) is 5.91 Å². The zero-order valence-corrected chi connectivity index (χ0v) is 12.0. The van der Waals surface area contributed by atoms with Crippen LogP contribution in [0.5, 0.6) is 0 Å². The first-order chi connectivity index (χ1) is 9.04. The molecule has 0 bridgehead atoms. The van der Waals surface area contributed by atoms with Gasteiger partial charge >= 0.3 is 0 Å². The molecule has 2 rings (SSSR count). The van der Waals surface area contributed by atoms with E-state index in [0.29, 0.717) is 11.8 Å². The smallest absolute Gasteiger partial charge is 0.216 e. The van der Waals surface area contributed by atoms with E-state index in [-0.39, 0.29) is 5.91 Å². The van der Waals surface area contributed by atoms with Gasteiger partial charge in [-0.3, -0.25) is 9.69 Å². The summed E-state index contributed by atoms with van der Waals surface area (Å²) in [4.78, 5) is 13.2. The van der Waals surface area contributed by atoms with E-state index in [1.807, 2.05) is 6.07 Å². The van der Waals surface area contributed by atoms with Crippen LogP contribution in [0.3, 0.4) is 0 Å². The highest BCUT2D eigenvalue weighted by molar-refractivity contribution is 5.72. The van der Waals surface area contributed by atoms with E-state index in [1.165, 1.54) is 0 Å². The first-order valence-electron chi connectivity index (χ1n) is 6.97. The summed E-state index contributed by atoms with van der Waals surface area (Å²) in [5.74, 6) is 1.94. The molecule has 0 radical (unpaired) electrons. The van der Waals surface area contributed by atoms with Crippen molar-refractivity contribution < 1.29 is 9.32 Å². The monoisotopic (exact) mass is 265 g/mol. The number of nitrogens with zero attached hydrogens (tertiary/aromatic N) is 2. The molecule has 5 nitrogen and oxygen atoms in total. The van der Waals surface area contributed by atoms with Gasteiger partial charge in [0.05, 0.1) is 12.2 Å². The molecule has 0 spiro atoms. The second kappa shape index (κ2) is 6.19. The average Bonchev–Trinajstić information content (AvgIpc) is 2.96. The molecule has 0 aromatic carbocycles. The Labute approximate surface area is 114 Å². The maximum absolute atomic E-state index is 10.9. The largest absolute Gasteiger partial charge is 0.360 e. The van der Waals surface area contributed by atoms with Crippen LogP contribution in [0.2, 0.25) is 0 Å². The van der Waals surface area contributed by atoms with Crippen LogP contribution in [-0.4, -0.2) is 35.6 Å². The Morgan fingerprint density at radius 2 is 2.42 bits per heavy atom. The molecular formula is C14H23N3O2. The van der Waals surface area contributed by atoms with E-state index >= 15 is 0 Å². The minimum Gasteiger partial charge on any atom is -0.360 e. The van der Waals surface area contributed by atoms with Crippen LogP contribution >= 0.6 is 0 Å². The van der Waals surface area contributed by atoms with Gasteiger partial charge in [-0.25, -0.2) is 0 Å². The molecule has 19 heavy (non-hydrogen) atoms. The highest BCUT2D eigenvalue weighted by atomic mass is 16.5. The quantitative estimate of drug-likeness (QED) is 0.881. The number of carbonyl (C=O) groups is 1. The molecule has 2 heterocycles. The average molecular weight is 265 g/mol. The van der Waals surface area contributed by atoms with Gasteiger partial charge in [0.15, 0.2) is 5.76 Å². The second-order valence-corrected chi connectivity index (χ2v) is 5.70. The molecule has 1 aliphatic rings. The lowest BCUT2D eigenvalue weighted by Crippen LogP contribution is -2.29. The Morgan fingerprint density at radius 3 is 3.05 bits per heavy atom. The normalized spacial score (nSPS) is 20.1. The van der Waals surface area contributed by atoms with Gasteiger partial charge in [-0.15, -0.1) is 0 Å². The van der Waals surface area contributed by atoms with Crippen molar-refractivity contribution >= 4 is 5.91 Å². The van der Waals surface area contributed by atoms with Gasteiger partial charge in [-0.2, -0.15) is 0 Å². The van der Waals surface area contributed by atoms with Crippen molar-refractivity contribution in [3.63, 3.8) is 0 Å². The Kier molecular flexibility index (Phi) is 4.58. The first kappa shape index (κ1) is 14.1. The van der Waals surface area contributed by atoms with Crippen LogP contribution in [-0.2, 0) is 11.3 Å². The molecule has 5 heteroatoms. The third kappa shape index (κ3) is 4.06. The zero-order chi connectivity index (χ0) is 13.8. The number of rotatable bonds is 5.